The van der Waals surface area contributed by atoms with E-state index in [1.165, 1.54) is 38.5 Å². The first-order valence-electron chi connectivity index (χ1n) is 7.24. The lowest BCUT2D eigenvalue weighted by Gasteiger charge is -2.13. The van der Waals surface area contributed by atoms with E-state index < -0.39 is 0 Å². The predicted molar refractivity (Wildman–Crippen MR) is 74.0 cm³/mol. The van der Waals surface area contributed by atoms with Crippen LogP contribution in [0.15, 0.2) is 17.3 Å². The summed E-state index contributed by atoms with van der Waals surface area (Å²) in [6.45, 7) is 0.715. The number of nitrogens with one attached hydrogen (secondary N) is 1. The third-order valence-electron chi connectivity index (χ3n) is 4.16. The zero-order chi connectivity index (χ0) is 13.1. The summed E-state index contributed by atoms with van der Waals surface area (Å²) in [6.07, 6.45) is 12.3. The normalized spacial score (nSPS) is 17.7. The van der Waals surface area contributed by atoms with Crippen molar-refractivity contribution in [3.05, 3.63) is 22.9 Å². The number of nitrogens with zero attached hydrogens (tertiary/aromatic N) is 3. The Bertz CT molecular complexity index is 593. The summed E-state index contributed by atoms with van der Waals surface area (Å²) in [6, 6.07) is 0. The minimum Gasteiger partial charge on any atom is -0.343 e. The maximum absolute atomic E-state index is 12.1. The summed E-state index contributed by atoms with van der Waals surface area (Å²) < 4.78 is 1.56. The maximum atomic E-state index is 12.1. The van der Waals surface area contributed by atoms with Crippen LogP contribution in [0.2, 0.25) is 0 Å². The van der Waals surface area contributed by atoms with Crippen molar-refractivity contribution in [3.8, 4) is 0 Å². The SMILES string of the molecule is O=c1c2nc[nH]c2cnn1CCC1CCCCCC1. The molecule has 19 heavy (non-hydrogen) atoms. The number of aromatic amines is 1. The molecular weight excluding hydrogens is 240 g/mol. The molecule has 0 aromatic carbocycles. The Labute approximate surface area is 112 Å². The standard InChI is InChI=1S/C14H20N4O/c19-14-13-12(15-10-16-13)9-17-18(14)8-7-11-5-3-1-2-4-6-11/h9-11H,1-8H2,(H,15,16). The molecule has 1 aliphatic carbocycles. The second kappa shape index (κ2) is 5.55. The smallest absolute Gasteiger partial charge is 0.294 e. The van der Waals surface area contributed by atoms with Crippen molar-refractivity contribution >= 4 is 11.0 Å². The van der Waals surface area contributed by atoms with Crippen LogP contribution in [0.5, 0.6) is 0 Å². The molecule has 0 atom stereocenters. The van der Waals surface area contributed by atoms with Crippen molar-refractivity contribution < 1.29 is 0 Å². The molecule has 3 rings (SSSR count). The lowest BCUT2D eigenvalue weighted by molar-refractivity contribution is 0.383. The van der Waals surface area contributed by atoms with Gasteiger partial charge in [-0.25, -0.2) is 9.67 Å². The largest absolute Gasteiger partial charge is 0.343 e. The minimum absolute atomic E-state index is 0.0765. The van der Waals surface area contributed by atoms with Crippen molar-refractivity contribution in [2.45, 2.75) is 51.5 Å². The molecular formula is C14H20N4O. The number of aromatic nitrogens is 4. The molecule has 0 spiro atoms. The Morgan fingerprint density at radius 1 is 1.26 bits per heavy atom. The lowest BCUT2D eigenvalue weighted by atomic mass is 9.97. The second-order valence-corrected chi connectivity index (χ2v) is 5.48. The van der Waals surface area contributed by atoms with Crippen molar-refractivity contribution in [3.63, 3.8) is 0 Å². The van der Waals surface area contributed by atoms with E-state index in [1.54, 1.807) is 17.2 Å². The fourth-order valence-electron chi connectivity index (χ4n) is 2.99. The number of hydrogen-bond donors (Lipinski definition) is 1. The first-order chi connectivity index (χ1) is 9.34. The zero-order valence-corrected chi connectivity index (χ0v) is 11.1. The molecule has 1 fully saturated rings. The van der Waals surface area contributed by atoms with Gasteiger partial charge in [0.05, 0.1) is 18.0 Å². The van der Waals surface area contributed by atoms with Crippen LogP contribution in [0.25, 0.3) is 11.0 Å². The van der Waals surface area contributed by atoms with Crippen molar-refractivity contribution in [2.24, 2.45) is 5.92 Å². The fraction of sp³-hybridized carbons (Fsp3) is 0.643. The first kappa shape index (κ1) is 12.4. The first-order valence-corrected chi connectivity index (χ1v) is 7.24. The Hall–Kier alpha value is -1.65. The number of H-pyrrole nitrogens is 1. The molecule has 5 heteroatoms. The summed E-state index contributed by atoms with van der Waals surface area (Å²) in [4.78, 5) is 19.1. The van der Waals surface area contributed by atoms with Crippen LogP contribution in [-0.2, 0) is 6.54 Å². The van der Waals surface area contributed by atoms with Crippen LogP contribution in [0.3, 0.4) is 0 Å². The van der Waals surface area contributed by atoms with E-state index in [-0.39, 0.29) is 5.56 Å². The molecule has 2 aromatic rings. The van der Waals surface area contributed by atoms with Gasteiger partial charge in [0.25, 0.3) is 5.56 Å². The quantitative estimate of drug-likeness (QED) is 0.862. The Morgan fingerprint density at radius 3 is 2.84 bits per heavy atom. The molecule has 2 aromatic heterocycles. The molecule has 0 aliphatic heterocycles. The highest BCUT2D eigenvalue weighted by Gasteiger charge is 2.13. The molecule has 0 saturated heterocycles. The highest BCUT2D eigenvalue weighted by Crippen LogP contribution is 2.25. The summed E-state index contributed by atoms with van der Waals surface area (Å²) in [7, 11) is 0. The van der Waals surface area contributed by atoms with E-state index in [9.17, 15) is 4.79 Å². The number of fused-ring (bicyclic) bond motifs is 1. The van der Waals surface area contributed by atoms with E-state index in [1.807, 2.05) is 0 Å². The summed E-state index contributed by atoms with van der Waals surface area (Å²) in [5, 5.41) is 4.22. The van der Waals surface area contributed by atoms with Gasteiger partial charge >= 0.3 is 0 Å². The highest BCUT2D eigenvalue weighted by atomic mass is 16.1. The third kappa shape index (κ3) is 2.69. The Balaban J connectivity index is 1.70. The number of hydrogen-bond acceptors (Lipinski definition) is 3. The topological polar surface area (TPSA) is 63.6 Å². The third-order valence-corrected chi connectivity index (χ3v) is 4.16. The maximum Gasteiger partial charge on any atom is 0.294 e. The predicted octanol–water partition coefficient (Wildman–Crippen LogP) is 2.48. The molecule has 1 N–H and O–H groups in total. The van der Waals surface area contributed by atoms with Gasteiger partial charge in [0.15, 0.2) is 5.52 Å². The van der Waals surface area contributed by atoms with Crippen LogP contribution < -0.4 is 5.56 Å². The van der Waals surface area contributed by atoms with Gasteiger partial charge in [-0.15, -0.1) is 0 Å². The van der Waals surface area contributed by atoms with Gasteiger partial charge in [-0.2, -0.15) is 5.10 Å². The fourth-order valence-corrected chi connectivity index (χ4v) is 2.99. The van der Waals surface area contributed by atoms with Gasteiger partial charge < -0.3 is 4.98 Å². The monoisotopic (exact) mass is 260 g/mol. The number of imidazole rings is 1. The highest BCUT2D eigenvalue weighted by molar-refractivity contribution is 5.71. The molecule has 0 radical (unpaired) electrons. The van der Waals surface area contributed by atoms with Crippen LogP contribution in [-0.4, -0.2) is 19.7 Å². The molecule has 2 heterocycles. The second-order valence-electron chi connectivity index (χ2n) is 5.48. The number of aryl methyl sites for hydroxylation is 1. The zero-order valence-electron chi connectivity index (χ0n) is 11.1. The average Bonchev–Trinajstić information content (AvgIpc) is 2.75. The van der Waals surface area contributed by atoms with Gasteiger partial charge in [-0.3, -0.25) is 4.79 Å². The van der Waals surface area contributed by atoms with E-state index >= 15 is 0 Å². The number of rotatable bonds is 3. The van der Waals surface area contributed by atoms with Gasteiger partial charge in [-0.05, 0) is 12.3 Å². The van der Waals surface area contributed by atoms with E-state index in [0.717, 1.165) is 17.9 Å². The van der Waals surface area contributed by atoms with Crippen molar-refractivity contribution in [2.75, 3.05) is 0 Å². The molecule has 0 bridgehead atoms. The van der Waals surface area contributed by atoms with Crippen molar-refractivity contribution in [1.29, 1.82) is 0 Å². The lowest BCUT2D eigenvalue weighted by Crippen LogP contribution is -2.24. The molecule has 5 nitrogen and oxygen atoms in total. The molecule has 1 saturated carbocycles. The molecule has 102 valence electrons. The average molecular weight is 260 g/mol. The van der Waals surface area contributed by atoms with Crippen LogP contribution in [0.4, 0.5) is 0 Å². The van der Waals surface area contributed by atoms with Gasteiger partial charge in [0, 0.05) is 6.54 Å². The molecule has 1 aliphatic rings. The van der Waals surface area contributed by atoms with E-state index in [2.05, 4.69) is 15.1 Å². The van der Waals surface area contributed by atoms with Crippen LogP contribution in [0, 0.1) is 5.92 Å². The summed E-state index contributed by atoms with van der Waals surface area (Å²) in [5.74, 6) is 0.756. The van der Waals surface area contributed by atoms with Crippen LogP contribution in [0.1, 0.15) is 44.9 Å². The molecule has 0 unspecified atom stereocenters. The van der Waals surface area contributed by atoms with Crippen molar-refractivity contribution in [1.82, 2.24) is 19.7 Å². The van der Waals surface area contributed by atoms with Gasteiger partial charge in [0.1, 0.15) is 0 Å². The molecule has 0 amide bonds. The Morgan fingerprint density at radius 2 is 2.05 bits per heavy atom. The minimum atomic E-state index is -0.0765. The van der Waals surface area contributed by atoms with Crippen LogP contribution >= 0.6 is 0 Å². The summed E-state index contributed by atoms with van der Waals surface area (Å²) in [5.41, 5.74) is 1.14. The van der Waals surface area contributed by atoms with Gasteiger partial charge in [0.2, 0.25) is 0 Å². The van der Waals surface area contributed by atoms with E-state index in [4.69, 9.17) is 0 Å². The summed E-state index contributed by atoms with van der Waals surface area (Å²) >= 11 is 0. The van der Waals surface area contributed by atoms with Gasteiger partial charge in [-0.1, -0.05) is 38.5 Å². The van der Waals surface area contributed by atoms with E-state index in [0.29, 0.717) is 12.1 Å². The Kier molecular flexibility index (Phi) is 3.62.